The largest absolute Gasteiger partial charge is 0.481 e. The van der Waals surface area contributed by atoms with Crippen LogP contribution in [0.2, 0.25) is 5.02 Å². The first-order valence-electron chi connectivity index (χ1n) is 6.39. The number of carboxylic acid groups (broad SMARTS) is 1. The van der Waals surface area contributed by atoms with E-state index in [0.29, 0.717) is 19.4 Å². The maximum atomic E-state index is 13.4. The van der Waals surface area contributed by atoms with Gasteiger partial charge in [-0.2, -0.15) is 0 Å². The molecule has 0 radical (unpaired) electrons. The second-order valence-corrected chi connectivity index (χ2v) is 5.39. The molecule has 1 fully saturated rings. The second-order valence-electron chi connectivity index (χ2n) is 5.01. The van der Waals surface area contributed by atoms with E-state index in [1.165, 1.54) is 18.2 Å². The zero-order valence-corrected chi connectivity index (χ0v) is 11.7. The van der Waals surface area contributed by atoms with Crippen LogP contribution in [0.25, 0.3) is 0 Å². The molecule has 1 N–H and O–H groups in total. The molecule has 20 heavy (non-hydrogen) atoms. The monoisotopic (exact) mass is 299 g/mol. The lowest BCUT2D eigenvalue weighted by atomic mass is 9.91. The standard InChI is InChI=1S/C14H15ClFNO3/c1-8-7-9(14(19)20)5-6-17(8)13(18)10-3-2-4-11(16)12(10)15/h2-4,8-9H,5-7H2,1H3,(H,19,20). The molecule has 2 unspecified atom stereocenters. The van der Waals surface area contributed by atoms with Crippen LogP contribution >= 0.6 is 11.6 Å². The van der Waals surface area contributed by atoms with Crippen LogP contribution in [0.4, 0.5) is 4.39 Å². The Bertz CT molecular complexity index is 549. The van der Waals surface area contributed by atoms with Crippen LogP contribution in [0.15, 0.2) is 18.2 Å². The van der Waals surface area contributed by atoms with Gasteiger partial charge in [-0.25, -0.2) is 4.39 Å². The van der Waals surface area contributed by atoms with E-state index in [2.05, 4.69) is 0 Å². The number of benzene rings is 1. The summed E-state index contributed by atoms with van der Waals surface area (Å²) in [5, 5.41) is 8.81. The van der Waals surface area contributed by atoms with Gasteiger partial charge in [-0.3, -0.25) is 9.59 Å². The van der Waals surface area contributed by atoms with Crippen molar-refractivity contribution in [3.05, 3.63) is 34.6 Å². The van der Waals surface area contributed by atoms with Crippen molar-refractivity contribution in [2.75, 3.05) is 6.54 Å². The average molecular weight is 300 g/mol. The van der Waals surface area contributed by atoms with Gasteiger partial charge in [0.25, 0.3) is 5.91 Å². The number of hydrogen-bond donors (Lipinski definition) is 1. The van der Waals surface area contributed by atoms with Gasteiger partial charge in [0.1, 0.15) is 5.82 Å². The molecule has 1 aliphatic heterocycles. The van der Waals surface area contributed by atoms with Crippen LogP contribution in [0, 0.1) is 11.7 Å². The molecule has 1 aliphatic rings. The first-order chi connectivity index (χ1) is 9.41. The van der Waals surface area contributed by atoms with Crippen molar-refractivity contribution in [3.8, 4) is 0 Å². The molecule has 108 valence electrons. The van der Waals surface area contributed by atoms with Crippen molar-refractivity contribution in [1.29, 1.82) is 0 Å². The molecule has 1 heterocycles. The fourth-order valence-corrected chi connectivity index (χ4v) is 2.73. The van der Waals surface area contributed by atoms with E-state index < -0.39 is 17.7 Å². The first-order valence-corrected chi connectivity index (χ1v) is 6.77. The minimum absolute atomic E-state index is 0.118. The van der Waals surface area contributed by atoms with Gasteiger partial charge in [0.2, 0.25) is 0 Å². The number of halogens is 2. The van der Waals surface area contributed by atoms with E-state index >= 15 is 0 Å². The summed E-state index contributed by atoms with van der Waals surface area (Å²) in [6.45, 7) is 2.13. The maximum Gasteiger partial charge on any atom is 0.306 e. The maximum absolute atomic E-state index is 13.4. The smallest absolute Gasteiger partial charge is 0.306 e. The van der Waals surface area contributed by atoms with E-state index in [0.717, 1.165) is 0 Å². The molecule has 0 spiro atoms. The van der Waals surface area contributed by atoms with E-state index in [4.69, 9.17) is 16.7 Å². The van der Waals surface area contributed by atoms with Crippen molar-refractivity contribution in [3.63, 3.8) is 0 Å². The SMILES string of the molecule is CC1CC(C(=O)O)CCN1C(=O)c1cccc(F)c1Cl. The van der Waals surface area contributed by atoms with Gasteiger partial charge in [0, 0.05) is 12.6 Å². The number of amides is 1. The molecular formula is C14H15ClFNO3. The summed E-state index contributed by atoms with van der Waals surface area (Å²) in [4.78, 5) is 24.9. The van der Waals surface area contributed by atoms with Crippen molar-refractivity contribution in [2.24, 2.45) is 5.92 Å². The third-order valence-electron chi connectivity index (χ3n) is 3.67. The fourth-order valence-electron chi connectivity index (χ4n) is 2.52. The number of likely N-dealkylation sites (tertiary alicyclic amines) is 1. The summed E-state index contributed by atoms with van der Waals surface area (Å²) in [5.41, 5.74) is 0.118. The van der Waals surface area contributed by atoms with E-state index in [1.807, 2.05) is 0 Å². The van der Waals surface area contributed by atoms with Crippen LogP contribution in [-0.2, 0) is 4.79 Å². The van der Waals surface area contributed by atoms with Gasteiger partial charge < -0.3 is 10.0 Å². The van der Waals surface area contributed by atoms with Gasteiger partial charge in [-0.05, 0) is 31.9 Å². The molecule has 0 bridgehead atoms. The number of carboxylic acids is 1. The van der Waals surface area contributed by atoms with Crippen molar-refractivity contribution in [2.45, 2.75) is 25.8 Å². The predicted octanol–water partition coefficient (Wildman–Crippen LogP) is 2.80. The van der Waals surface area contributed by atoms with Gasteiger partial charge in [-0.1, -0.05) is 17.7 Å². The van der Waals surface area contributed by atoms with Gasteiger partial charge >= 0.3 is 5.97 Å². The lowest BCUT2D eigenvalue weighted by Gasteiger charge is -2.36. The molecule has 6 heteroatoms. The number of carbonyl (C=O) groups is 2. The lowest BCUT2D eigenvalue weighted by Crippen LogP contribution is -2.46. The Kier molecular flexibility index (Phi) is 4.28. The highest BCUT2D eigenvalue weighted by Crippen LogP contribution is 2.27. The molecule has 2 atom stereocenters. The topological polar surface area (TPSA) is 57.6 Å². The quantitative estimate of drug-likeness (QED) is 0.913. The Labute approximate surface area is 121 Å². The molecule has 1 aromatic rings. The van der Waals surface area contributed by atoms with Crippen molar-refractivity contribution < 1.29 is 19.1 Å². The molecule has 1 saturated heterocycles. The molecule has 0 aliphatic carbocycles. The number of carbonyl (C=O) groups excluding carboxylic acids is 1. The predicted molar refractivity (Wildman–Crippen MR) is 72.3 cm³/mol. The Morgan fingerprint density at radius 1 is 1.45 bits per heavy atom. The minimum Gasteiger partial charge on any atom is -0.481 e. The highest BCUT2D eigenvalue weighted by molar-refractivity contribution is 6.34. The molecule has 2 rings (SSSR count). The Hall–Kier alpha value is -1.62. The van der Waals surface area contributed by atoms with Crippen LogP contribution in [-0.4, -0.2) is 34.5 Å². The normalized spacial score (nSPS) is 22.6. The number of nitrogens with zero attached hydrogens (tertiary/aromatic N) is 1. The summed E-state index contributed by atoms with van der Waals surface area (Å²) in [6, 6.07) is 3.89. The Balaban J connectivity index is 2.18. The molecule has 4 nitrogen and oxygen atoms in total. The summed E-state index contributed by atoms with van der Waals surface area (Å²) >= 11 is 5.82. The third-order valence-corrected chi connectivity index (χ3v) is 4.05. The van der Waals surface area contributed by atoms with Crippen LogP contribution in [0.3, 0.4) is 0 Å². The highest BCUT2D eigenvalue weighted by atomic mass is 35.5. The summed E-state index contributed by atoms with van der Waals surface area (Å²) in [5.74, 6) is -2.26. The zero-order valence-electron chi connectivity index (χ0n) is 11.0. The Morgan fingerprint density at radius 3 is 2.75 bits per heavy atom. The van der Waals surface area contributed by atoms with Crippen molar-refractivity contribution >= 4 is 23.5 Å². The van der Waals surface area contributed by atoms with Gasteiger partial charge in [-0.15, -0.1) is 0 Å². The zero-order chi connectivity index (χ0) is 14.9. The van der Waals surface area contributed by atoms with E-state index in [1.54, 1.807) is 11.8 Å². The molecule has 0 aromatic heterocycles. The third kappa shape index (κ3) is 2.77. The lowest BCUT2D eigenvalue weighted by molar-refractivity contribution is -0.143. The molecular weight excluding hydrogens is 285 g/mol. The minimum atomic E-state index is -0.840. The second kappa shape index (κ2) is 5.79. The van der Waals surface area contributed by atoms with E-state index in [-0.39, 0.29) is 22.5 Å². The summed E-state index contributed by atoms with van der Waals surface area (Å²) < 4.78 is 13.4. The van der Waals surface area contributed by atoms with Gasteiger partial charge in [0.05, 0.1) is 16.5 Å². The molecule has 1 amide bonds. The van der Waals surface area contributed by atoms with Crippen LogP contribution in [0.5, 0.6) is 0 Å². The van der Waals surface area contributed by atoms with Crippen molar-refractivity contribution in [1.82, 2.24) is 4.90 Å². The van der Waals surface area contributed by atoms with E-state index in [9.17, 15) is 14.0 Å². The molecule has 0 saturated carbocycles. The number of rotatable bonds is 2. The summed E-state index contributed by atoms with van der Waals surface area (Å²) in [6.07, 6.45) is 0.798. The Morgan fingerprint density at radius 2 is 2.15 bits per heavy atom. The molecule has 1 aromatic carbocycles. The summed E-state index contributed by atoms with van der Waals surface area (Å²) in [7, 11) is 0. The number of hydrogen-bond acceptors (Lipinski definition) is 2. The van der Waals surface area contributed by atoms with Crippen LogP contribution in [0.1, 0.15) is 30.1 Å². The van der Waals surface area contributed by atoms with Gasteiger partial charge in [0.15, 0.2) is 0 Å². The first kappa shape index (κ1) is 14.8. The fraction of sp³-hybridized carbons (Fsp3) is 0.429. The average Bonchev–Trinajstić information content (AvgIpc) is 2.41. The van der Waals surface area contributed by atoms with Crippen LogP contribution < -0.4 is 0 Å². The number of aliphatic carboxylic acids is 1. The highest BCUT2D eigenvalue weighted by Gasteiger charge is 2.33. The number of piperidine rings is 1.